The summed E-state index contributed by atoms with van der Waals surface area (Å²) < 4.78 is 0. The number of hydrogen-bond acceptors (Lipinski definition) is 0. The van der Waals surface area contributed by atoms with Crippen LogP contribution in [0.3, 0.4) is 0 Å². The van der Waals surface area contributed by atoms with Crippen LogP contribution in [0, 0.1) is 0 Å². The lowest BCUT2D eigenvalue weighted by Crippen LogP contribution is -1.88. The van der Waals surface area contributed by atoms with Crippen molar-refractivity contribution in [2.45, 2.75) is 90.7 Å². The first-order valence-electron chi connectivity index (χ1n) is 7.23. The summed E-state index contributed by atoms with van der Waals surface area (Å²) in [7, 11) is 2.46. The van der Waals surface area contributed by atoms with Crippen molar-refractivity contribution in [2.24, 2.45) is 0 Å². The molecule has 0 aromatic heterocycles. The Morgan fingerprint density at radius 2 is 1.07 bits per heavy atom. The third-order valence-corrected chi connectivity index (χ3v) is 3.00. The third kappa shape index (κ3) is 14.1. The predicted octanol–water partition coefficient (Wildman–Crippen LogP) is 5.47. The van der Waals surface area contributed by atoms with Crippen molar-refractivity contribution in [1.82, 2.24) is 0 Å². The van der Waals surface area contributed by atoms with Crippen molar-refractivity contribution in [3.05, 3.63) is 0 Å². The molecule has 0 saturated carbocycles. The van der Waals surface area contributed by atoms with Crippen molar-refractivity contribution in [1.29, 1.82) is 0 Å². The van der Waals surface area contributed by atoms with Crippen LogP contribution in [0.4, 0.5) is 0 Å². The molecular formula is C14H30B. The first-order valence-corrected chi connectivity index (χ1v) is 7.23. The minimum atomic E-state index is 1.32. The summed E-state index contributed by atoms with van der Waals surface area (Å²) >= 11 is 0. The first-order chi connectivity index (χ1) is 7.41. The van der Waals surface area contributed by atoms with E-state index >= 15 is 0 Å². The van der Waals surface area contributed by atoms with Crippen LogP contribution in [0.5, 0.6) is 0 Å². The van der Waals surface area contributed by atoms with Crippen LogP contribution in [0.1, 0.15) is 78.1 Å². The Morgan fingerprint density at radius 1 is 0.533 bits per heavy atom. The summed E-state index contributed by atoms with van der Waals surface area (Å²) in [4.78, 5) is 0. The molecule has 0 atom stereocenters. The molecule has 1 radical (unpaired) electrons. The molecule has 15 heavy (non-hydrogen) atoms. The quantitative estimate of drug-likeness (QED) is 0.295. The summed E-state index contributed by atoms with van der Waals surface area (Å²) in [6.45, 7) is 4.54. The molecule has 0 heterocycles. The fourth-order valence-electron chi connectivity index (χ4n) is 1.95. The minimum absolute atomic E-state index is 1.32. The van der Waals surface area contributed by atoms with Gasteiger partial charge >= 0.3 is 0 Å². The maximum absolute atomic E-state index is 2.46. The lowest BCUT2D eigenvalue weighted by Gasteiger charge is -2.01. The molecule has 0 aromatic rings. The second kappa shape index (κ2) is 14.1. The van der Waals surface area contributed by atoms with Gasteiger partial charge in [-0.15, -0.1) is 0 Å². The Kier molecular flexibility index (Phi) is 14.1. The zero-order valence-corrected chi connectivity index (χ0v) is 11.1. The Morgan fingerprint density at radius 3 is 1.60 bits per heavy atom. The average molecular weight is 209 g/mol. The standard InChI is InChI=1S/C14H30B/c1-3-5-6-7-8-9-10-11-12-14-15-13-4-2/h3-14H2,1-2H3. The Hall–Kier alpha value is 0.0649. The zero-order chi connectivity index (χ0) is 11.2. The summed E-state index contributed by atoms with van der Waals surface area (Å²) in [5, 5.41) is 0. The van der Waals surface area contributed by atoms with Gasteiger partial charge in [-0.05, 0) is 0 Å². The van der Waals surface area contributed by atoms with Crippen molar-refractivity contribution in [3.63, 3.8) is 0 Å². The van der Waals surface area contributed by atoms with Crippen LogP contribution in [0.25, 0.3) is 0 Å². The highest BCUT2D eigenvalue weighted by atomic mass is 14.0. The van der Waals surface area contributed by atoms with Crippen molar-refractivity contribution >= 4 is 7.28 Å². The van der Waals surface area contributed by atoms with Crippen molar-refractivity contribution in [3.8, 4) is 0 Å². The van der Waals surface area contributed by atoms with E-state index in [1.807, 2.05) is 0 Å². The van der Waals surface area contributed by atoms with E-state index in [0.717, 1.165) is 0 Å². The summed E-state index contributed by atoms with van der Waals surface area (Å²) in [5.41, 5.74) is 0. The monoisotopic (exact) mass is 209 g/mol. The fraction of sp³-hybridized carbons (Fsp3) is 1.00. The highest BCUT2D eigenvalue weighted by molar-refractivity contribution is 6.35. The first kappa shape index (κ1) is 15.1. The molecule has 0 aliphatic rings. The summed E-state index contributed by atoms with van der Waals surface area (Å²) in [6, 6.07) is 0. The van der Waals surface area contributed by atoms with Crippen molar-refractivity contribution in [2.75, 3.05) is 0 Å². The van der Waals surface area contributed by atoms with E-state index in [9.17, 15) is 0 Å². The van der Waals surface area contributed by atoms with E-state index in [1.54, 1.807) is 0 Å². The molecular weight excluding hydrogens is 179 g/mol. The van der Waals surface area contributed by atoms with E-state index < -0.39 is 0 Å². The van der Waals surface area contributed by atoms with Crippen LogP contribution < -0.4 is 0 Å². The van der Waals surface area contributed by atoms with E-state index in [0.29, 0.717) is 0 Å². The Labute approximate surface area is 98.5 Å². The van der Waals surface area contributed by atoms with Gasteiger partial charge < -0.3 is 0 Å². The lowest BCUT2D eigenvalue weighted by atomic mass is 9.69. The molecule has 0 rings (SSSR count). The average Bonchev–Trinajstić information content (AvgIpc) is 2.26. The smallest absolute Gasteiger partial charge is 0.0806 e. The molecule has 0 nitrogen and oxygen atoms in total. The molecule has 0 aliphatic carbocycles. The molecule has 0 N–H and O–H groups in total. The number of hydrogen-bond donors (Lipinski definition) is 0. The maximum atomic E-state index is 2.46. The van der Waals surface area contributed by atoms with Gasteiger partial charge in [0.05, 0.1) is 0 Å². The Bertz CT molecular complexity index is 89.5. The normalized spacial score (nSPS) is 10.5. The van der Waals surface area contributed by atoms with Gasteiger partial charge in [-0.25, -0.2) is 0 Å². The predicted molar refractivity (Wildman–Crippen MR) is 72.9 cm³/mol. The van der Waals surface area contributed by atoms with Gasteiger partial charge in [-0.1, -0.05) is 90.7 Å². The highest BCUT2D eigenvalue weighted by Gasteiger charge is 1.93. The topological polar surface area (TPSA) is 0 Å². The summed E-state index contributed by atoms with van der Waals surface area (Å²) in [6.07, 6.45) is 17.0. The van der Waals surface area contributed by atoms with E-state index in [4.69, 9.17) is 0 Å². The molecule has 0 unspecified atom stereocenters. The van der Waals surface area contributed by atoms with Gasteiger partial charge in [0.1, 0.15) is 7.28 Å². The lowest BCUT2D eigenvalue weighted by molar-refractivity contribution is 0.572. The van der Waals surface area contributed by atoms with Gasteiger partial charge in [-0.2, -0.15) is 0 Å². The van der Waals surface area contributed by atoms with Crippen LogP contribution in [-0.4, -0.2) is 7.28 Å². The molecule has 0 aliphatic heterocycles. The van der Waals surface area contributed by atoms with Crippen LogP contribution in [0.15, 0.2) is 0 Å². The molecule has 0 spiro atoms. The third-order valence-electron chi connectivity index (χ3n) is 3.00. The fourth-order valence-corrected chi connectivity index (χ4v) is 1.95. The number of rotatable bonds is 12. The molecule has 0 amide bonds. The number of unbranched alkanes of at least 4 members (excludes halogenated alkanes) is 8. The maximum Gasteiger partial charge on any atom is 0.109 e. The van der Waals surface area contributed by atoms with Crippen molar-refractivity contribution < 1.29 is 0 Å². The Balaban J connectivity index is 2.81. The molecule has 89 valence electrons. The van der Waals surface area contributed by atoms with Gasteiger partial charge in [0.15, 0.2) is 0 Å². The minimum Gasteiger partial charge on any atom is -0.0806 e. The van der Waals surface area contributed by atoms with Crippen LogP contribution in [-0.2, 0) is 0 Å². The molecule has 0 bridgehead atoms. The molecule has 0 fully saturated rings. The second-order valence-electron chi connectivity index (χ2n) is 4.69. The highest BCUT2D eigenvalue weighted by Crippen LogP contribution is 2.10. The van der Waals surface area contributed by atoms with Gasteiger partial charge in [0.2, 0.25) is 0 Å². The largest absolute Gasteiger partial charge is 0.109 e. The van der Waals surface area contributed by atoms with E-state index in [1.165, 1.54) is 76.8 Å². The second-order valence-corrected chi connectivity index (χ2v) is 4.69. The van der Waals surface area contributed by atoms with E-state index in [-0.39, 0.29) is 0 Å². The molecule has 1 heteroatoms. The van der Waals surface area contributed by atoms with Crippen LogP contribution >= 0.6 is 0 Å². The van der Waals surface area contributed by atoms with Gasteiger partial charge in [0.25, 0.3) is 0 Å². The summed E-state index contributed by atoms with van der Waals surface area (Å²) in [5.74, 6) is 0. The zero-order valence-electron chi connectivity index (χ0n) is 11.1. The van der Waals surface area contributed by atoms with E-state index in [2.05, 4.69) is 21.1 Å². The molecule has 0 aromatic carbocycles. The van der Waals surface area contributed by atoms with Crippen LogP contribution in [0.2, 0.25) is 12.6 Å². The van der Waals surface area contributed by atoms with Gasteiger partial charge in [-0.3, -0.25) is 0 Å². The van der Waals surface area contributed by atoms with Gasteiger partial charge in [0, 0.05) is 0 Å². The molecule has 0 saturated heterocycles. The SMILES string of the molecule is CCC[B]CCCCCCCCCCC.